The third-order valence-electron chi connectivity index (χ3n) is 3.57. The second kappa shape index (κ2) is 8.66. The first-order chi connectivity index (χ1) is 13.1. The molecule has 3 aromatic rings. The fourth-order valence-electron chi connectivity index (χ4n) is 2.26. The second-order valence-corrected chi connectivity index (χ2v) is 5.62. The molecule has 0 fully saturated rings. The number of amides is 1. The van der Waals surface area contributed by atoms with Crippen LogP contribution in [0.25, 0.3) is 0 Å². The lowest BCUT2D eigenvalue weighted by Gasteiger charge is -2.12. The molecule has 1 heterocycles. The molecule has 7 heteroatoms. The molecule has 136 valence electrons. The van der Waals surface area contributed by atoms with E-state index in [4.69, 9.17) is 0 Å². The first kappa shape index (κ1) is 18.2. The summed E-state index contributed by atoms with van der Waals surface area (Å²) >= 11 is 0. The Morgan fingerprint density at radius 2 is 1.81 bits per heavy atom. The SMILES string of the molecule is O=C(NC(=NCc1cccnc1)Nc1cccc(F)c1)c1ccc(F)cc1. The zero-order valence-electron chi connectivity index (χ0n) is 14.2. The van der Waals surface area contributed by atoms with E-state index in [-0.39, 0.29) is 18.1 Å². The standard InChI is InChI=1S/C20H16F2N4O/c21-16-8-6-15(7-9-16)19(27)26-20(24-13-14-3-2-10-23-12-14)25-18-5-1-4-17(22)11-18/h1-12H,13H2,(H2,24,25,26,27). The van der Waals surface area contributed by atoms with E-state index in [1.165, 1.54) is 42.5 Å². The number of aliphatic imine (C=N–C) groups is 1. The van der Waals surface area contributed by atoms with Gasteiger partial charge in [0.1, 0.15) is 11.6 Å². The monoisotopic (exact) mass is 366 g/mol. The highest BCUT2D eigenvalue weighted by molar-refractivity contribution is 6.09. The Hall–Kier alpha value is -3.61. The van der Waals surface area contributed by atoms with E-state index in [2.05, 4.69) is 20.6 Å². The quantitative estimate of drug-likeness (QED) is 0.546. The van der Waals surface area contributed by atoms with Crippen molar-refractivity contribution < 1.29 is 13.6 Å². The van der Waals surface area contributed by atoms with Gasteiger partial charge in [-0.3, -0.25) is 15.1 Å². The fourth-order valence-corrected chi connectivity index (χ4v) is 2.26. The predicted molar refractivity (Wildman–Crippen MR) is 99.3 cm³/mol. The summed E-state index contributed by atoms with van der Waals surface area (Å²) in [5.41, 5.74) is 1.54. The molecule has 0 radical (unpaired) electrons. The molecular formula is C20H16F2N4O. The average Bonchev–Trinajstić information content (AvgIpc) is 2.67. The van der Waals surface area contributed by atoms with Gasteiger partial charge in [0.05, 0.1) is 6.54 Å². The zero-order chi connectivity index (χ0) is 19.1. The van der Waals surface area contributed by atoms with E-state index in [1.807, 2.05) is 6.07 Å². The summed E-state index contributed by atoms with van der Waals surface area (Å²) in [6.45, 7) is 0.259. The number of aromatic nitrogens is 1. The fraction of sp³-hybridized carbons (Fsp3) is 0.0500. The molecule has 0 unspecified atom stereocenters. The van der Waals surface area contributed by atoms with Gasteiger partial charge in [0, 0.05) is 23.6 Å². The number of carbonyl (C=O) groups excluding carboxylic acids is 1. The molecule has 0 aliphatic heterocycles. The van der Waals surface area contributed by atoms with Crippen molar-refractivity contribution in [3.63, 3.8) is 0 Å². The molecule has 2 N–H and O–H groups in total. The molecule has 0 aliphatic carbocycles. The van der Waals surface area contributed by atoms with Crippen LogP contribution in [0.4, 0.5) is 14.5 Å². The van der Waals surface area contributed by atoms with Crippen LogP contribution in [-0.2, 0) is 6.54 Å². The van der Waals surface area contributed by atoms with Crippen LogP contribution in [0.2, 0.25) is 0 Å². The number of carbonyl (C=O) groups is 1. The molecule has 3 rings (SSSR count). The van der Waals surface area contributed by atoms with Crippen molar-refractivity contribution in [3.8, 4) is 0 Å². The number of nitrogens with zero attached hydrogens (tertiary/aromatic N) is 2. The number of hydrogen-bond donors (Lipinski definition) is 2. The molecule has 1 aromatic heterocycles. The van der Waals surface area contributed by atoms with Crippen molar-refractivity contribution in [1.82, 2.24) is 10.3 Å². The van der Waals surface area contributed by atoms with E-state index < -0.39 is 17.5 Å². The van der Waals surface area contributed by atoms with E-state index in [1.54, 1.807) is 24.5 Å². The second-order valence-electron chi connectivity index (χ2n) is 5.62. The first-order valence-electron chi connectivity index (χ1n) is 8.13. The Kier molecular flexibility index (Phi) is 5.84. The van der Waals surface area contributed by atoms with Crippen LogP contribution in [0, 0.1) is 11.6 Å². The van der Waals surface area contributed by atoms with Gasteiger partial charge in [0.15, 0.2) is 0 Å². The normalized spacial score (nSPS) is 11.1. The molecular weight excluding hydrogens is 350 g/mol. The lowest BCUT2D eigenvalue weighted by molar-refractivity contribution is 0.0977. The lowest BCUT2D eigenvalue weighted by Crippen LogP contribution is -2.36. The highest BCUT2D eigenvalue weighted by Gasteiger charge is 2.10. The van der Waals surface area contributed by atoms with Crippen LogP contribution in [0.3, 0.4) is 0 Å². The Balaban J connectivity index is 1.79. The minimum Gasteiger partial charge on any atom is -0.326 e. The van der Waals surface area contributed by atoms with Crippen molar-refractivity contribution >= 4 is 17.6 Å². The number of pyridine rings is 1. The molecule has 0 saturated heterocycles. The Morgan fingerprint density at radius 1 is 1.00 bits per heavy atom. The summed E-state index contributed by atoms with van der Waals surface area (Å²) in [7, 11) is 0. The topological polar surface area (TPSA) is 66.4 Å². The molecule has 1 amide bonds. The largest absolute Gasteiger partial charge is 0.326 e. The van der Waals surface area contributed by atoms with Gasteiger partial charge >= 0.3 is 0 Å². The predicted octanol–water partition coefficient (Wildman–Crippen LogP) is 3.76. The van der Waals surface area contributed by atoms with Gasteiger partial charge in [-0.1, -0.05) is 12.1 Å². The maximum Gasteiger partial charge on any atom is 0.257 e. The van der Waals surface area contributed by atoms with Crippen LogP contribution in [0.15, 0.2) is 78.0 Å². The number of benzene rings is 2. The van der Waals surface area contributed by atoms with Gasteiger partial charge in [-0.2, -0.15) is 0 Å². The van der Waals surface area contributed by atoms with Gasteiger partial charge in [-0.05, 0) is 54.1 Å². The molecule has 0 atom stereocenters. The number of nitrogens with one attached hydrogen (secondary N) is 2. The Bertz CT molecular complexity index is 944. The molecule has 0 spiro atoms. The van der Waals surface area contributed by atoms with Gasteiger partial charge in [0.2, 0.25) is 5.96 Å². The van der Waals surface area contributed by atoms with Gasteiger partial charge in [0.25, 0.3) is 5.91 Å². The summed E-state index contributed by atoms with van der Waals surface area (Å²) in [5.74, 6) is -1.19. The van der Waals surface area contributed by atoms with E-state index in [9.17, 15) is 13.6 Å². The maximum absolute atomic E-state index is 13.4. The van der Waals surface area contributed by atoms with Gasteiger partial charge in [-0.25, -0.2) is 13.8 Å². The van der Waals surface area contributed by atoms with Crippen LogP contribution in [0.5, 0.6) is 0 Å². The zero-order valence-corrected chi connectivity index (χ0v) is 14.2. The maximum atomic E-state index is 13.4. The number of anilines is 1. The van der Waals surface area contributed by atoms with E-state index in [0.717, 1.165) is 5.56 Å². The summed E-state index contributed by atoms with van der Waals surface area (Å²) in [4.78, 5) is 20.7. The van der Waals surface area contributed by atoms with Gasteiger partial charge < -0.3 is 5.32 Å². The number of halogens is 2. The Morgan fingerprint density at radius 3 is 2.52 bits per heavy atom. The summed E-state index contributed by atoms with van der Waals surface area (Å²) in [5, 5.41) is 5.51. The van der Waals surface area contributed by atoms with Crippen LogP contribution in [-0.4, -0.2) is 16.9 Å². The first-order valence-corrected chi connectivity index (χ1v) is 8.13. The number of rotatable bonds is 4. The van der Waals surface area contributed by atoms with Crippen LogP contribution in [0.1, 0.15) is 15.9 Å². The van der Waals surface area contributed by atoms with Crippen LogP contribution >= 0.6 is 0 Å². The third kappa shape index (κ3) is 5.43. The molecule has 27 heavy (non-hydrogen) atoms. The molecule has 2 aromatic carbocycles. The van der Waals surface area contributed by atoms with E-state index in [0.29, 0.717) is 5.69 Å². The van der Waals surface area contributed by atoms with Crippen molar-refractivity contribution in [2.24, 2.45) is 4.99 Å². The highest BCUT2D eigenvalue weighted by atomic mass is 19.1. The summed E-state index contributed by atoms with van der Waals surface area (Å²) in [6.07, 6.45) is 3.31. The summed E-state index contributed by atoms with van der Waals surface area (Å²) < 4.78 is 26.5. The molecule has 0 saturated carbocycles. The third-order valence-corrected chi connectivity index (χ3v) is 3.57. The van der Waals surface area contributed by atoms with E-state index >= 15 is 0 Å². The highest BCUT2D eigenvalue weighted by Crippen LogP contribution is 2.10. The number of hydrogen-bond acceptors (Lipinski definition) is 3. The summed E-state index contributed by atoms with van der Waals surface area (Å²) in [6, 6.07) is 14.5. The van der Waals surface area contributed by atoms with Crippen molar-refractivity contribution in [2.75, 3.05) is 5.32 Å². The molecule has 0 aliphatic rings. The molecule has 0 bridgehead atoms. The van der Waals surface area contributed by atoms with Crippen molar-refractivity contribution in [1.29, 1.82) is 0 Å². The van der Waals surface area contributed by atoms with Crippen LogP contribution < -0.4 is 10.6 Å². The smallest absolute Gasteiger partial charge is 0.257 e. The number of guanidine groups is 1. The van der Waals surface area contributed by atoms with Gasteiger partial charge in [-0.15, -0.1) is 0 Å². The van der Waals surface area contributed by atoms with Crippen molar-refractivity contribution in [2.45, 2.75) is 6.54 Å². The lowest BCUT2D eigenvalue weighted by atomic mass is 10.2. The average molecular weight is 366 g/mol. The molecule has 5 nitrogen and oxygen atoms in total. The minimum atomic E-state index is -0.469. The minimum absolute atomic E-state index is 0.138. The Labute approximate surface area is 154 Å². The van der Waals surface area contributed by atoms with Crippen molar-refractivity contribution in [3.05, 3.63) is 95.8 Å².